The van der Waals surface area contributed by atoms with E-state index in [4.69, 9.17) is 9.15 Å². The van der Waals surface area contributed by atoms with Crippen molar-refractivity contribution in [2.75, 3.05) is 20.3 Å². The zero-order valence-corrected chi connectivity index (χ0v) is 14.1. The Hall–Kier alpha value is -3.35. The topological polar surface area (TPSA) is 94.8 Å². The number of rotatable bonds is 6. The fraction of sp³-hybridized carbons (Fsp3) is 0.211. The van der Waals surface area contributed by atoms with Crippen LogP contribution in [0.4, 0.5) is 0 Å². The summed E-state index contributed by atoms with van der Waals surface area (Å²) in [6.45, 7) is -0.738. The molecule has 26 heavy (non-hydrogen) atoms. The van der Waals surface area contributed by atoms with Crippen molar-refractivity contribution in [2.45, 2.75) is 6.42 Å². The molecule has 0 aliphatic rings. The minimum atomic E-state index is -0.582. The standard InChI is InChI=1S/C19H17NO6/c1-24-18(23)9-20-16(21)11-26-17(22)8-13-10-25-15-7-6-12-4-2-3-5-14(12)19(13)15/h2-7,10H,8-9,11H2,1H3,(H,20,21). The van der Waals surface area contributed by atoms with E-state index in [1.54, 1.807) is 0 Å². The van der Waals surface area contributed by atoms with E-state index in [0.29, 0.717) is 11.1 Å². The van der Waals surface area contributed by atoms with Crippen LogP contribution in [0.2, 0.25) is 0 Å². The first kappa shape index (κ1) is 17.5. The van der Waals surface area contributed by atoms with E-state index in [1.807, 2.05) is 36.4 Å². The minimum Gasteiger partial charge on any atom is -0.468 e. The molecule has 0 saturated heterocycles. The van der Waals surface area contributed by atoms with Crippen molar-refractivity contribution in [2.24, 2.45) is 0 Å². The van der Waals surface area contributed by atoms with Gasteiger partial charge in [0, 0.05) is 10.9 Å². The Morgan fingerprint density at radius 1 is 1.08 bits per heavy atom. The summed E-state index contributed by atoms with van der Waals surface area (Å²) >= 11 is 0. The minimum absolute atomic E-state index is 0.0225. The van der Waals surface area contributed by atoms with Crippen LogP contribution in [0.1, 0.15) is 5.56 Å². The third-order valence-corrected chi connectivity index (χ3v) is 3.90. The molecular formula is C19H17NO6. The summed E-state index contributed by atoms with van der Waals surface area (Å²) in [5.74, 6) is -1.72. The Bertz CT molecular complexity index is 974. The van der Waals surface area contributed by atoms with E-state index >= 15 is 0 Å². The van der Waals surface area contributed by atoms with Gasteiger partial charge in [-0.3, -0.25) is 14.4 Å². The lowest BCUT2D eigenvalue weighted by molar-refractivity contribution is -0.148. The number of benzene rings is 2. The first-order valence-corrected chi connectivity index (χ1v) is 7.95. The fourth-order valence-corrected chi connectivity index (χ4v) is 2.65. The second-order valence-electron chi connectivity index (χ2n) is 5.61. The molecule has 0 atom stereocenters. The van der Waals surface area contributed by atoms with E-state index in [9.17, 15) is 14.4 Å². The van der Waals surface area contributed by atoms with Crippen LogP contribution in [-0.2, 0) is 30.3 Å². The van der Waals surface area contributed by atoms with Crippen molar-refractivity contribution in [1.29, 1.82) is 0 Å². The third-order valence-electron chi connectivity index (χ3n) is 3.90. The van der Waals surface area contributed by atoms with Gasteiger partial charge in [0.15, 0.2) is 6.61 Å². The van der Waals surface area contributed by atoms with Gasteiger partial charge in [0.05, 0.1) is 19.8 Å². The monoisotopic (exact) mass is 355 g/mol. The van der Waals surface area contributed by atoms with Crippen molar-refractivity contribution >= 4 is 39.6 Å². The van der Waals surface area contributed by atoms with Crippen LogP contribution in [0.15, 0.2) is 47.1 Å². The highest BCUT2D eigenvalue weighted by Crippen LogP contribution is 2.30. The zero-order valence-electron chi connectivity index (χ0n) is 14.1. The molecule has 3 rings (SSSR count). The first-order valence-electron chi connectivity index (χ1n) is 7.95. The third kappa shape index (κ3) is 3.83. The summed E-state index contributed by atoms with van der Waals surface area (Å²) in [5.41, 5.74) is 1.37. The van der Waals surface area contributed by atoms with Crippen molar-refractivity contribution < 1.29 is 28.3 Å². The lowest BCUT2D eigenvalue weighted by Gasteiger charge is -2.06. The fourth-order valence-electron chi connectivity index (χ4n) is 2.65. The molecule has 0 aliphatic carbocycles. The Balaban J connectivity index is 1.65. The second-order valence-corrected chi connectivity index (χ2v) is 5.61. The molecular weight excluding hydrogens is 338 g/mol. The number of esters is 2. The molecule has 7 heteroatoms. The molecule has 1 heterocycles. The predicted molar refractivity (Wildman–Crippen MR) is 93.4 cm³/mol. The van der Waals surface area contributed by atoms with Crippen LogP contribution in [0.5, 0.6) is 0 Å². The number of nitrogens with one attached hydrogen (secondary N) is 1. The number of carbonyl (C=O) groups excluding carboxylic acids is 3. The summed E-state index contributed by atoms with van der Waals surface area (Å²) in [5, 5.41) is 5.17. The highest BCUT2D eigenvalue weighted by atomic mass is 16.5. The zero-order chi connectivity index (χ0) is 18.5. The highest BCUT2D eigenvalue weighted by Gasteiger charge is 2.15. The second kappa shape index (κ2) is 7.69. The Morgan fingerprint density at radius 3 is 2.69 bits per heavy atom. The number of carbonyl (C=O) groups is 3. The van der Waals surface area contributed by atoms with E-state index in [1.165, 1.54) is 13.4 Å². The molecule has 0 radical (unpaired) electrons. The number of furan rings is 1. The Labute approximate surface area is 148 Å². The van der Waals surface area contributed by atoms with Crippen molar-refractivity contribution in [3.8, 4) is 0 Å². The van der Waals surface area contributed by atoms with Gasteiger partial charge in [-0.25, -0.2) is 0 Å². The molecule has 0 bridgehead atoms. The number of ether oxygens (including phenoxy) is 2. The average molecular weight is 355 g/mol. The maximum absolute atomic E-state index is 12.1. The molecule has 134 valence electrons. The largest absolute Gasteiger partial charge is 0.468 e. The summed E-state index contributed by atoms with van der Waals surface area (Å²) in [4.78, 5) is 34.5. The van der Waals surface area contributed by atoms with Gasteiger partial charge in [0.2, 0.25) is 0 Å². The van der Waals surface area contributed by atoms with E-state index in [2.05, 4.69) is 10.1 Å². The Kier molecular flexibility index (Phi) is 5.17. The van der Waals surface area contributed by atoms with Gasteiger partial charge in [0.1, 0.15) is 12.1 Å². The average Bonchev–Trinajstić information content (AvgIpc) is 3.07. The molecule has 0 saturated carbocycles. The summed E-state index contributed by atoms with van der Waals surface area (Å²) < 4.78 is 14.9. The maximum atomic E-state index is 12.1. The van der Waals surface area contributed by atoms with Crippen LogP contribution in [0, 0.1) is 0 Å². The molecule has 1 N–H and O–H groups in total. The van der Waals surface area contributed by atoms with Crippen molar-refractivity contribution in [3.05, 3.63) is 48.2 Å². The van der Waals surface area contributed by atoms with Crippen LogP contribution in [0.3, 0.4) is 0 Å². The highest BCUT2D eigenvalue weighted by molar-refractivity contribution is 6.08. The maximum Gasteiger partial charge on any atom is 0.325 e. The summed E-state index contributed by atoms with van der Waals surface area (Å²) in [6, 6.07) is 11.6. The molecule has 0 spiro atoms. The number of hydrogen-bond donors (Lipinski definition) is 1. The van der Waals surface area contributed by atoms with E-state index < -0.39 is 24.5 Å². The normalized spacial score (nSPS) is 10.7. The molecule has 1 aromatic heterocycles. The predicted octanol–water partition coefficient (Wildman–Crippen LogP) is 1.96. The van der Waals surface area contributed by atoms with Gasteiger partial charge in [0.25, 0.3) is 5.91 Å². The molecule has 2 aromatic carbocycles. The summed E-state index contributed by atoms with van der Waals surface area (Å²) in [6.07, 6.45) is 1.50. The van der Waals surface area contributed by atoms with Gasteiger partial charge in [-0.1, -0.05) is 30.3 Å². The smallest absolute Gasteiger partial charge is 0.325 e. The van der Waals surface area contributed by atoms with Gasteiger partial charge in [-0.05, 0) is 16.8 Å². The number of fused-ring (bicyclic) bond motifs is 3. The Morgan fingerprint density at radius 2 is 1.88 bits per heavy atom. The molecule has 0 unspecified atom stereocenters. The van der Waals surface area contributed by atoms with E-state index in [-0.39, 0.29) is 13.0 Å². The number of amides is 1. The molecule has 3 aromatic rings. The molecule has 0 fully saturated rings. The quantitative estimate of drug-likeness (QED) is 0.679. The van der Waals surface area contributed by atoms with Crippen molar-refractivity contribution in [3.63, 3.8) is 0 Å². The SMILES string of the molecule is COC(=O)CNC(=O)COC(=O)Cc1coc2ccc3ccccc3c12. The number of hydrogen-bond acceptors (Lipinski definition) is 6. The van der Waals surface area contributed by atoms with Crippen LogP contribution in [0.25, 0.3) is 21.7 Å². The van der Waals surface area contributed by atoms with Gasteiger partial charge in [-0.15, -0.1) is 0 Å². The molecule has 1 amide bonds. The van der Waals surface area contributed by atoms with Crippen LogP contribution < -0.4 is 5.32 Å². The molecule has 7 nitrogen and oxygen atoms in total. The van der Waals surface area contributed by atoms with Crippen LogP contribution in [-0.4, -0.2) is 38.1 Å². The van der Waals surface area contributed by atoms with E-state index in [0.717, 1.165) is 16.2 Å². The van der Waals surface area contributed by atoms with Gasteiger partial charge >= 0.3 is 11.9 Å². The van der Waals surface area contributed by atoms with Gasteiger partial charge in [-0.2, -0.15) is 0 Å². The lowest BCUT2D eigenvalue weighted by atomic mass is 10.0. The first-order chi connectivity index (χ1) is 12.6. The van der Waals surface area contributed by atoms with Crippen molar-refractivity contribution in [1.82, 2.24) is 5.32 Å². The summed E-state index contributed by atoms with van der Waals surface area (Å²) in [7, 11) is 1.22. The lowest BCUT2D eigenvalue weighted by Crippen LogP contribution is -2.33. The van der Waals surface area contributed by atoms with Crippen LogP contribution >= 0.6 is 0 Å². The molecule has 0 aliphatic heterocycles. The van der Waals surface area contributed by atoms with Gasteiger partial charge < -0.3 is 19.2 Å². The number of methoxy groups -OCH3 is 1.